The van der Waals surface area contributed by atoms with Gasteiger partial charge in [-0.25, -0.2) is 9.59 Å². The third kappa shape index (κ3) is 24.3. The minimum Gasteiger partial charge on any atom is -0.494 e. The molecule has 0 bridgehead atoms. The fourth-order valence-electron chi connectivity index (χ4n) is 7.61. The fourth-order valence-corrected chi connectivity index (χ4v) is 7.61. The van der Waals surface area contributed by atoms with Crippen molar-refractivity contribution in [3.05, 3.63) is 119 Å². The van der Waals surface area contributed by atoms with Crippen molar-refractivity contribution >= 4 is 24.4 Å². The molecule has 4 rings (SSSR count). The maximum Gasteiger partial charge on any atom is 0.343 e. The summed E-state index contributed by atoms with van der Waals surface area (Å²) in [7, 11) is 0. The molecule has 0 aliphatic heterocycles. The second-order valence-electron chi connectivity index (χ2n) is 17.5. The number of unbranched alkanes of at least 4 members (excludes halogenated alkanes) is 21. The van der Waals surface area contributed by atoms with Crippen LogP contribution in [-0.2, 0) is 0 Å². The quantitative estimate of drug-likeness (QED) is 0.0194. The molecule has 0 radical (unpaired) electrons. The lowest BCUT2D eigenvalue weighted by molar-refractivity contribution is 0.0725. The van der Waals surface area contributed by atoms with E-state index in [-0.39, 0.29) is 0 Å². The van der Waals surface area contributed by atoms with E-state index in [2.05, 4.69) is 23.8 Å². The number of hydrogen-bond acceptors (Lipinski definition) is 8. The topological polar surface area (TPSA) is 95.8 Å². The lowest BCUT2D eigenvalue weighted by atomic mass is 10.1. The van der Waals surface area contributed by atoms with Crippen molar-refractivity contribution < 1.29 is 28.5 Å². The van der Waals surface area contributed by atoms with Crippen molar-refractivity contribution in [3.63, 3.8) is 0 Å². The van der Waals surface area contributed by atoms with E-state index >= 15 is 0 Å². The Morgan fingerprint density at radius 2 is 0.652 bits per heavy atom. The Balaban J connectivity index is 0.985. The molecular weight excluding hydrogens is 821 g/mol. The molecule has 0 fully saturated rings. The highest BCUT2D eigenvalue weighted by Crippen LogP contribution is 2.20. The molecule has 8 heteroatoms. The molecule has 0 saturated heterocycles. The summed E-state index contributed by atoms with van der Waals surface area (Å²) in [5, 5.41) is 0. The van der Waals surface area contributed by atoms with Crippen LogP contribution in [0.2, 0.25) is 0 Å². The minimum atomic E-state index is -0.393. The summed E-state index contributed by atoms with van der Waals surface area (Å²) in [6.07, 6.45) is 33.9. The summed E-state index contributed by atoms with van der Waals surface area (Å²) in [6.45, 7) is 7.43. The molecule has 0 spiro atoms. The van der Waals surface area contributed by atoms with Gasteiger partial charge >= 0.3 is 11.9 Å². The molecule has 0 aliphatic carbocycles. The largest absolute Gasteiger partial charge is 0.494 e. The third-order valence-electron chi connectivity index (χ3n) is 11.7. The lowest BCUT2D eigenvalue weighted by Crippen LogP contribution is -2.08. The van der Waals surface area contributed by atoms with Gasteiger partial charge in [0, 0.05) is 25.5 Å². The van der Waals surface area contributed by atoms with Crippen molar-refractivity contribution in [2.45, 2.75) is 168 Å². The van der Waals surface area contributed by atoms with Crippen LogP contribution in [0.4, 0.5) is 0 Å². The summed E-state index contributed by atoms with van der Waals surface area (Å²) < 4.78 is 23.0. The molecule has 66 heavy (non-hydrogen) atoms. The summed E-state index contributed by atoms with van der Waals surface area (Å²) in [5.41, 5.74) is 2.90. The number of esters is 2. The zero-order valence-corrected chi connectivity index (χ0v) is 40.5. The first kappa shape index (κ1) is 53.4. The first-order chi connectivity index (χ1) is 32.5. The van der Waals surface area contributed by atoms with Crippen molar-refractivity contribution in [3.8, 4) is 23.0 Å². The Morgan fingerprint density at radius 3 is 0.985 bits per heavy atom. The summed E-state index contributed by atoms with van der Waals surface area (Å²) in [6, 6.07) is 29.2. The van der Waals surface area contributed by atoms with Gasteiger partial charge in [-0.05, 0) is 134 Å². The smallest absolute Gasteiger partial charge is 0.343 e. The van der Waals surface area contributed by atoms with E-state index in [1.807, 2.05) is 61.0 Å². The predicted molar refractivity (Wildman–Crippen MR) is 274 cm³/mol. The van der Waals surface area contributed by atoms with Gasteiger partial charge in [-0.15, -0.1) is 0 Å². The van der Waals surface area contributed by atoms with Crippen molar-refractivity contribution in [1.29, 1.82) is 0 Å². The Hall–Kier alpha value is -5.24. The highest BCUT2D eigenvalue weighted by atomic mass is 16.5. The number of carbonyl (C=O) groups is 2. The second kappa shape index (κ2) is 35.0. The number of rotatable bonds is 37. The van der Waals surface area contributed by atoms with Gasteiger partial charge in [-0.3, -0.25) is 9.98 Å². The molecule has 0 atom stereocenters. The van der Waals surface area contributed by atoms with Crippen LogP contribution < -0.4 is 18.9 Å². The zero-order valence-electron chi connectivity index (χ0n) is 40.5. The van der Waals surface area contributed by atoms with E-state index in [0.29, 0.717) is 35.8 Å². The van der Waals surface area contributed by atoms with Crippen LogP contribution in [0.3, 0.4) is 0 Å². The van der Waals surface area contributed by atoms with E-state index in [1.54, 1.807) is 48.5 Å². The maximum absolute atomic E-state index is 12.7. The minimum absolute atomic E-state index is 0.393. The molecule has 0 aromatic heterocycles. The first-order valence-electron chi connectivity index (χ1n) is 25.6. The van der Waals surface area contributed by atoms with Crippen LogP contribution >= 0.6 is 0 Å². The maximum atomic E-state index is 12.7. The Morgan fingerprint density at radius 1 is 0.364 bits per heavy atom. The molecule has 0 unspecified atom stereocenters. The number of hydrogen-bond donors (Lipinski definition) is 0. The molecule has 0 amide bonds. The standard InChI is InChI=1S/C58H80N2O6/c1-3-5-7-9-11-13-15-17-21-25-45-63-53-39-31-51(32-40-53)57(61)65-55-35-27-49(28-36-55)47-59-43-23-19-20-24-44-60-48-50-29-37-56(38-30-50)66-58(62)52-33-41-54(42-34-52)64-46-26-22-18-16-14-12-10-8-6-4-2/h27-42,47-48H,3-26,43-46H2,1-2H3. The molecule has 0 aliphatic rings. The van der Waals surface area contributed by atoms with Crippen LogP contribution in [-0.4, -0.2) is 50.7 Å². The van der Waals surface area contributed by atoms with Gasteiger partial charge in [0.05, 0.1) is 24.3 Å². The number of carbonyl (C=O) groups excluding carboxylic acids is 2. The van der Waals surface area contributed by atoms with Crippen LogP contribution in [0.5, 0.6) is 23.0 Å². The average molecular weight is 901 g/mol. The molecule has 0 saturated carbocycles. The molecule has 8 nitrogen and oxygen atoms in total. The molecular formula is C58H80N2O6. The van der Waals surface area contributed by atoms with Crippen LogP contribution in [0.25, 0.3) is 0 Å². The van der Waals surface area contributed by atoms with Gasteiger partial charge in [0.2, 0.25) is 0 Å². The van der Waals surface area contributed by atoms with E-state index in [1.165, 1.54) is 116 Å². The first-order valence-corrected chi connectivity index (χ1v) is 25.6. The van der Waals surface area contributed by atoms with E-state index in [0.717, 1.165) is 74.2 Å². The van der Waals surface area contributed by atoms with Gasteiger partial charge in [0.1, 0.15) is 23.0 Å². The zero-order chi connectivity index (χ0) is 46.5. The van der Waals surface area contributed by atoms with Gasteiger partial charge in [0.15, 0.2) is 0 Å². The Bertz CT molecular complexity index is 1760. The molecule has 358 valence electrons. The van der Waals surface area contributed by atoms with Crippen molar-refractivity contribution in [1.82, 2.24) is 0 Å². The SMILES string of the molecule is CCCCCCCCCCCCOc1ccc(C(=O)Oc2ccc(C=NCCCCCCN=Cc3ccc(OC(=O)c4ccc(OCCCCCCCCCCCC)cc4)cc3)cc2)cc1. The average Bonchev–Trinajstić information content (AvgIpc) is 3.34. The Kier molecular flexibility index (Phi) is 28.3. The number of nitrogens with zero attached hydrogens (tertiary/aromatic N) is 2. The lowest BCUT2D eigenvalue weighted by Gasteiger charge is -2.08. The van der Waals surface area contributed by atoms with E-state index in [9.17, 15) is 9.59 Å². The predicted octanol–water partition coefficient (Wildman–Crippen LogP) is 15.8. The van der Waals surface area contributed by atoms with E-state index in [4.69, 9.17) is 18.9 Å². The summed E-state index contributed by atoms with van der Waals surface area (Å²) in [4.78, 5) is 34.6. The highest BCUT2D eigenvalue weighted by Gasteiger charge is 2.11. The highest BCUT2D eigenvalue weighted by molar-refractivity contribution is 5.92. The third-order valence-corrected chi connectivity index (χ3v) is 11.7. The number of ether oxygens (including phenoxy) is 4. The summed E-state index contributed by atoms with van der Waals surface area (Å²) in [5.74, 6) is 1.76. The van der Waals surface area contributed by atoms with E-state index < -0.39 is 11.9 Å². The Labute approximate surface area is 398 Å². The fraction of sp³-hybridized carbons (Fsp3) is 0.517. The van der Waals surface area contributed by atoms with Crippen LogP contribution in [0, 0.1) is 0 Å². The molecule has 4 aromatic rings. The van der Waals surface area contributed by atoms with Gasteiger partial charge in [-0.1, -0.05) is 142 Å². The van der Waals surface area contributed by atoms with Gasteiger partial charge in [-0.2, -0.15) is 0 Å². The summed E-state index contributed by atoms with van der Waals surface area (Å²) >= 11 is 0. The number of benzene rings is 4. The van der Waals surface area contributed by atoms with Gasteiger partial charge in [0.25, 0.3) is 0 Å². The second-order valence-corrected chi connectivity index (χ2v) is 17.5. The van der Waals surface area contributed by atoms with Crippen LogP contribution in [0.1, 0.15) is 200 Å². The monoisotopic (exact) mass is 901 g/mol. The normalized spacial score (nSPS) is 11.4. The van der Waals surface area contributed by atoms with Gasteiger partial charge < -0.3 is 18.9 Å². The number of aliphatic imine (C=N–C) groups is 2. The van der Waals surface area contributed by atoms with Crippen LogP contribution in [0.15, 0.2) is 107 Å². The van der Waals surface area contributed by atoms with Crippen molar-refractivity contribution in [2.75, 3.05) is 26.3 Å². The van der Waals surface area contributed by atoms with Crippen molar-refractivity contribution in [2.24, 2.45) is 9.98 Å². The molecule has 0 heterocycles. The molecule has 4 aromatic carbocycles. The molecule has 0 N–H and O–H groups in total.